The number of rotatable bonds is 3. The van der Waals surface area contributed by atoms with Gasteiger partial charge in [0.25, 0.3) is 0 Å². The van der Waals surface area contributed by atoms with E-state index in [2.05, 4.69) is 15.9 Å². The smallest absolute Gasteiger partial charge is 0.330 e. The molecule has 1 aliphatic heterocycles. The molecule has 0 aliphatic carbocycles. The molecule has 0 saturated carbocycles. The minimum atomic E-state index is -0.364. The van der Waals surface area contributed by atoms with E-state index < -0.39 is 0 Å². The molecule has 0 N–H and O–H groups in total. The first kappa shape index (κ1) is 12.0. The number of hydrogen-bond acceptors (Lipinski definition) is 4. The number of ether oxygens (including phenoxy) is 3. The van der Waals surface area contributed by atoms with Crippen molar-refractivity contribution in [3.05, 3.63) is 28.2 Å². The Kier molecular flexibility index (Phi) is 3.68. The molecule has 1 heterocycles. The second-order valence-corrected chi connectivity index (χ2v) is 4.17. The van der Waals surface area contributed by atoms with Crippen molar-refractivity contribution in [1.29, 1.82) is 0 Å². The van der Waals surface area contributed by atoms with Gasteiger partial charge in [-0.25, -0.2) is 4.79 Å². The molecule has 90 valence electrons. The Morgan fingerprint density at radius 1 is 1.47 bits per heavy atom. The number of halogens is 1. The Morgan fingerprint density at radius 3 is 2.88 bits per heavy atom. The van der Waals surface area contributed by atoms with Crippen molar-refractivity contribution in [2.45, 2.75) is 6.92 Å². The van der Waals surface area contributed by atoms with Crippen LogP contribution >= 0.6 is 15.9 Å². The van der Waals surface area contributed by atoms with Gasteiger partial charge in [-0.15, -0.1) is 0 Å². The molecule has 1 aliphatic rings. The maximum atomic E-state index is 11.2. The van der Waals surface area contributed by atoms with Crippen LogP contribution in [-0.4, -0.2) is 19.4 Å². The van der Waals surface area contributed by atoms with E-state index in [1.807, 2.05) is 12.1 Å². The van der Waals surface area contributed by atoms with Gasteiger partial charge in [0.05, 0.1) is 6.61 Å². The van der Waals surface area contributed by atoms with Crippen molar-refractivity contribution in [3.8, 4) is 11.5 Å². The van der Waals surface area contributed by atoms with Gasteiger partial charge in [0.2, 0.25) is 6.79 Å². The van der Waals surface area contributed by atoms with Gasteiger partial charge in [0.1, 0.15) is 0 Å². The molecule has 0 saturated heterocycles. The number of esters is 1. The fraction of sp³-hybridized carbons (Fsp3) is 0.250. The third kappa shape index (κ3) is 2.79. The lowest BCUT2D eigenvalue weighted by Crippen LogP contribution is -1.98. The molecule has 4 nitrogen and oxygen atoms in total. The maximum absolute atomic E-state index is 11.2. The second-order valence-electron chi connectivity index (χ2n) is 3.31. The minimum Gasteiger partial charge on any atom is -0.463 e. The largest absolute Gasteiger partial charge is 0.463 e. The van der Waals surface area contributed by atoms with Gasteiger partial charge in [0, 0.05) is 10.5 Å². The summed E-state index contributed by atoms with van der Waals surface area (Å²) >= 11 is 3.40. The van der Waals surface area contributed by atoms with Gasteiger partial charge in [0.15, 0.2) is 11.5 Å². The van der Waals surface area contributed by atoms with Crippen LogP contribution in [0.1, 0.15) is 12.5 Å². The highest BCUT2D eigenvalue weighted by Gasteiger charge is 2.15. The standard InChI is InChI=1S/C12H11BrO4/c1-2-15-12(14)4-3-8-5-10-11(6-9(8)13)17-7-16-10/h3-6H,2,7H2,1H3/b4-3+. The molecule has 0 radical (unpaired) electrons. The van der Waals surface area contributed by atoms with Crippen molar-refractivity contribution >= 4 is 28.0 Å². The molecular formula is C12H11BrO4. The maximum Gasteiger partial charge on any atom is 0.330 e. The first-order valence-electron chi connectivity index (χ1n) is 5.14. The van der Waals surface area contributed by atoms with Gasteiger partial charge in [-0.05, 0) is 30.7 Å². The minimum absolute atomic E-state index is 0.229. The lowest BCUT2D eigenvalue weighted by molar-refractivity contribution is -0.137. The molecule has 0 spiro atoms. The molecule has 0 amide bonds. The molecule has 0 bridgehead atoms. The fourth-order valence-electron chi connectivity index (χ4n) is 1.41. The van der Waals surface area contributed by atoms with Gasteiger partial charge < -0.3 is 14.2 Å². The molecule has 0 unspecified atom stereocenters. The molecule has 17 heavy (non-hydrogen) atoms. The number of carbonyl (C=O) groups is 1. The lowest BCUT2D eigenvalue weighted by Gasteiger charge is -2.01. The summed E-state index contributed by atoms with van der Waals surface area (Å²) in [6, 6.07) is 3.62. The zero-order chi connectivity index (χ0) is 12.3. The lowest BCUT2D eigenvalue weighted by atomic mass is 10.2. The Labute approximate surface area is 107 Å². The van der Waals surface area contributed by atoms with Crippen LogP contribution in [0.2, 0.25) is 0 Å². The molecule has 5 heteroatoms. The molecule has 1 aromatic rings. The van der Waals surface area contributed by atoms with Gasteiger partial charge in [-0.3, -0.25) is 0 Å². The Balaban J connectivity index is 2.19. The van der Waals surface area contributed by atoms with E-state index in [1.165, 1.54) is 6.08 Å². The third-order valence-electron chi connectivity index (χ3n) is 2.18. The first-order chi connectivity index (χ1) is 8.20. The van der Waals surface area contributed by atoms with Crippen LogP contribution in [0.15, 0.2) is 22.7 Å². The van der Waals surface area contributed by atoms with Gasteiger partial charge in [-0.1, -0.05) is 15.9 Å². The summed E-state index contributed by atoms with van der Waals surface area (Å²) in [7, 11) is 0. The van der Waals surface area contributed by atoms with Crippen LogP contribution in [0.3, 0.4) is 0 Å². The molecule has 0 fully saturated rings. The highest BCUT2D eigenvalue weighted by atomic mass is 79.9. The van der Waals surface area contributed by atoms with E-state index in [4.69, 9.17) is 14.2 Å². The zero-order valence-electron chi connectivity index (χ0n) is 9.23. The first-order valence-corrected chi connectivity index (χ1v) is 5.94. The van der Waals surface area contributed by atoms with E-state index in [0.29, 0.717) is 18.1 Å². The summed E-state index contributed by atoms with van der Waals surface area (Å²) in [5, 5.41) is 0. The average Bonchev–Trinajstić information content (AvgIpc) is 2.73. The topological polar surface area (TPSA) is 44.8 Å². The van der Waals surface area contributed by atoms with Gasteiger partial charge >= 0.3 is 5.97 Å². The Hall–Kier alpha value is -1.49. The summed E-state index contributed by atoms with van der Waals surface area (Å²) in [5.41, 5.74) is 0.835. The monoisotopic (exact) mass is 298 g/mol. The third-order valence-corrected chi connectivity index (χ3v) is 2.86. The highest BCUT2D eigenvalue weighted by molar-refractivity contribution is 9.10. The van der Waals surface area contributed by atoms with Crippen molar-refractivity contribution in [3.63, 3.8) is 0 Å². The summed E-state index contributed by atoms with van der Waals surface area (Å²) < 4.78 is 16.1. The van der Waals surface area contributed by atoms with Crippen molar-refractivity contribution in [2.75, 3.05) is 13.4 Å². The van der Waals surface area contributed by atoms with E-state index in [-0.39, 0.29) is 12.8 Å². The Bertz CT molecular complexity index is 468. The van der Waals surface area contributed by atoms with E-state index in [1.54, 1.807) is 13.0 Å². The molecule has 0 aromatic heterocycles. The van der Waals surface area contributed by atoms with Crippen LogP contribution in [0, 0.1) is 0 Å². The predicted molar refractivity (Wildman–Crippen MR) is 65.9 cm³/mol. The molecular weight excluding hydrogens is 288 g/mol. The van der Waals surface area contributed by atoms with Gasteiger partial charge in [-0.2, -0.15) is 0 Å². The zero-order valence-corrected chi connectivity index (χ0v) is 10.8. The number of carbonyl (C=O) groups excluding carboxylic acids is 1. The normalized spacial score (nSPS) is 13.1. The van der Waals surface area contributed by atoms with Crippen molar-refractivity contribution < 1.29 is 19.0 Å². The number of hydrogen-bond donors (Lipinski definition) is 0. The van der Waals surface area contributed by atoms with E-state index >= 15 is 0 Å². The summed E-state index contributed by atoms with van der Waals surface area (Å²) in [4.78, 5) is 11.2. The Morgan fingerprint density at radius 2 is 2.18 bits per heavy atom. The predicted octanol–water partition coefficient (Wildman–Crippen LogP) is 2.75. The molecule has 1 aromatic carbocycles. The number of benzene rings is 1. The van der Waals surface area contributed by atoms with Crippen LogP contribution in [0.4, 0.5) is 0 Å². The number of fused-ring (bicyclic) bond motifs is 1. The second kappa shape index (κ2) is 5.23. The van der Waals surface area contributed by atoms with Crippen LogP contribution < -0.4 is 9.47 Å². The average molecular weight is 299 g/mol. The van der Waals surface area contributed by atoms with Crippen molar-refractivity contribution in [1.82, 2.24) is 0 Å². The molecule has 2 rings (SSSR count). The van der Waals surface area contributed by atoms with E-state index in [0.717, 1.165) is 10.0 Å². The SMILES string of the molecule is CCOC(=O)/C=C/c1cc2c(cc1Br)OCO2. The van der Waals surface area contributed by atoms with Crippen LogP contribution in [0.5, 0.6) is 11.5 Å². The van der Waals surface area contributed by atoms with Crippen LogP contribution in [-0.2, 0) is 9.53 Å². The van der Waals surface area contributed by atoms with Crippen molar-refractivity contribution in [2.24, 2.45) is 0 Å². The van der Waals surface area contributed by atoms with E-state index in [9.17, 15) is 4.79 Å². The fourth-order valence-corrected chi connectivity index (χ4v) is 1.86. The van der Waals surface area contributed by atoms with Crippen LogP contribution in [0.25, 0.3) is 6.08 Å². The quantitative estimate of drug-likeness (QED) is 0.636. The highest BCUT2D eigenvalue weighted by Crippen LogP contribution is 2.37. The summed E-state index contributed by atoms with van der Waals surface area (Å²) in [6.07, 6.45) is 3.05. The summed E-state index contributed by atoms with van der Waals surface area (Å²) in [6.45, 7) is 2.36. The molecule has 0 atom stereocenters. The summed E-state index contributed by atoms with van der Waals surface area (Å²) in [5.74, 6) is 1.01.